The Balaban J connectivity index is 3.11. The molecule has 0 saturated heterocycles. The molecule has 1 aromatic carbocycles. The molecule has 6 nitrogen and oxygen atoms in total. The van der Waals surface area contributed by atoms with E-state index in [0.29, 0.717) is 0 Å². The van der Waals surface area contributed by atoms with Crippen LogP contribution in [0.5, 0.6) is 0 Å². The van der Waals surface area contributed by atoms with Crippen LogP contribution >= 0.6 is 0 Å². The molecule has 0 atom stereocenters. The smallest absolute Gasteiger partial charge is 0.303 e. The summed E-state index contributed by atoms with van der Waals surface area (Å²) in [6.07, 6.45) is 0.253. The van der Waals surface area contributed by atoms with E-state index < -0.39 is 23.3 Å². The second-order valence-electron chi connectivity index (χ2n) is 5.33. The van der Waals surface area contributed by atoms with Gasteiger partial charge in [-0.15, -0.1) is 0 Å². The van der Waals surface area contributed by atoms with Crippen LogP contribution in [0.15, 0.2) is 30.3 Å². The molecule has 0 heterocycles. The van der Waals surface area contributed by atoms with Crippen molar-refractivity contribution in [2.45, 2.75) is 43.9 Å². The standard InChI is InChI=1S/C16H20O6/c17-13(18)6-9-16(10-7-14(19)20,11-8-15(21)22)12-4-2-1-3-5-12/h1-5H,6-11H2,(H,17,18)(H,19,20)(H,21,22). The van der Waals surface area contributed by atoms with E-state index in [4.69, 9.17) is 15.3 Å². The van der Waals surface area contributed by atoms with Crippen molar-refractivity contribution >= 4 is 17.9 Å². The molecule has 0 spiro atoms. The quantitative estimate of drug-likeness (QED) is 0.612. The molecule has 0 saturated carbocycles. The summed E-state index contributed by atoms with van der Waals surface area (Å²) in [6, 6.07) is 8.97. The number of carbonyl (C=O) groups is 3. The van der Waals surface area contributed by atoms with E-state index in [1.807, 2.05) is 0 Å². The van der Waals surface area contributed by atoms with E-state index in [-0.39, 0.29) is 38.5 Å². The van der Waals surface area contributed by atoms with E-state index in [9.17, 15) is 14.4 Å². The largest absolute Gasteiger partial charge is 0.481 e. The van der Waals surface area contributed by atoms with Crippen LogP contribution in [0.2, 0.25) is 0 Å². The Bertz CT molecular complexity index is 477. The molecule has 22 heavy (non-hydrogen) atoms. The number of carboxylic acid groups (broad SMARTS) is 3. The second kappa shape index (κ2) is 8.17. The fourth-order valence-corrected chi connectivity index (χ4v) is 2.64. The molecule has 6 heteroatoms. The molecule has 0 amide bonds. The lowest BCUT2D eigenvalue weighted by molar-refractivity contribution is -0.137. The predicted molar refractivity (Wildman–Crippen MR) is 78.7 cm³/mol. The number of carboxylic acids is 3. The van der Waals surface area contributed by atoms with Crippen LogP contribution in [0.25, 0.3) is 0 Å². The lowest BCUT2D eigenvalue weighted by Gasteiger charge is -2.34. The maximum atomic E-state index is 10.9. The summed E-state index contributed by atoms with van der Waals surface area (Å²) in [5.41, 5.74) is 0.0370. The van der Waals surface area contributed by atoms with Crippen molar-refractivity contribution in [1.82, 2.24) is 0 Å². The molecule has 3 N–H and O–H groups in total. The van der Waals surface area contributed by atoms with Crippen molar-refractivity contribution < 1.29 is 29.7 Å². The summed E-state index contributed by atoms with van der Waals surface area (Å²) in [5, 5.41) is 26.8. The van der Waals surface area contributed by atoms with Gasteiger partial charge in [0.05, 0.1) is 0 Å². The molecule has 0 unspecified atom stereocenters. The van der Waals surface area contributed by atoms with Gasteiger partial charge in [0.1, 0.15) is 0 Å². The van der Waals surface area contributed by atoms with Crippen LogP contribution in [0.1, 0.15) is 44.1 Å². The zero-order valence-corrected chi connectivity index (χ0v) is 12.2. The van der Waals surface area contributed by atoms with Gasteiger partial charge >= 0.3 is 17.9 Å². The molecule has 0 aromatic heterocycles. The minimum Gasteiger partial charge on any atom is -0.481 e. The molecule has 0 aliphatic rings. The highest BCUT2D eigenvalue weighted by atomic mass is 16.4. The molecule has 0 radical (unpaired) electrons. The molecule has 1 rings (SSSR count). The van der Waals surface area contributed by atoms with Gasteiger partial charge in [0, 0.05) is 19.3 Å². The van der Waals surface area contributed by atoms with E-state index >= 15 is 0 Å². The zero-order chi connectivity index (χ0) is 16.6. The minimum absolute atomic E-state index is 0.131. The Morgan fingerprint density at radius 1 is 0.727 bits per heavy atom. The Kier molecular flexibility index (Phi) is 6.56. The molecule has 0 bridgehead atoms. The number of hydrogen-bond donors (Lipinski definition) is 3. The van der Waals surface area contributed by atoms with Gasteiger partial charge in [0.15, 0.2) is 0 Å². The van der Waals surface area contributed by atoms with Gasteiger partial charge in [-0.1, -0.05) is 30.3 Å². The summed E-state index contributed by atoms with van der Waals surface area (Å²) in [7, 11) is 0. The minimum atomic E-state index is -0.981. The molecule has 0 aliphatic heterocycles. The Morgan fingerprint density at radius 3 is 1.41 bits per heavy atom. The topological polar surface area (TPSA) is 112 Å². The first kappa shape index (κ1) is 17.7. The van der Waals surface area contributed by atoms with Gasteiger partial charge in [0.2, 0.25) is 0 Å². The highest BCUT2D eigenvalue weighted by Crippen LogP contribution is 2.39. The van der Waals surface area contributed by atoms with Crippen molar-refractivity contribution in [2.75, 3.05) is 0 Å². The summed E-state index contributed by atoms with van der Waals surface area (Å²) < 4.78 is 0. The first-order valence-corrected chi connectivity index (χ1v) is 7.07. The van der Waals surface area contributed by atoms with Gasteiger partial charge in [-0.2, -0.15) is 0 Å². The third-order valence-corrected chi connectivity index (χ3v) is 3.84. The monoisotopic (exact) mass is 308 g/mol. The van der Waals surface area contributed by atoms with Gasteiger partial charge in [-0.05, 0) is 30.2 Å². The highest BCUT2D eigenvalue weighted by Gasteiger charge is 2.33. The van der Waals surface area contributed by atoms with E-state index in [1.165, 1.54) is 0 Å². The first-order valence-electron chi connectivity index (χ1n) is 7.07. The van der Waals surface area contributed by atoms with Crippen LogP contribution in [-0.2, 0) is 19.8 Å². The molecular formula is C16H20O6. The average Bonchev–Trinajstić information content (AvgIpc) is 2.47. The van der Waals surface area contributed by atoms with Gasteiger partial charge < -0.3 is 15.3 Å². The molecule has 0 aliphatic carbocycles. The SMILES string of the molecule is O=C(O)CCC(CCC(=O)O)(CCC(=O)O)c1ccccc1. The molecule has 1 aromatic rings. The molecule has 0 fully saturated rings. The van der Waals surface area contributed by atoms with E-state index in [1.54, 1.807) is 30.3 Å². The summed E-state index contributed by atoms with van der Waals surface area (Å²) in [6.45, 7) is 0. The highest BCUT2D eigenvalue weighted by molar-refractivity contribution is 5.69. The summed E-state index contributed by atoms with van der Waals surface area (Å²) in [5.74, 6) is -2.94. The maximum Gasteiger partial charge on any atom is 0.303 e. The Labute approximate surface area is 128 Å². The number of benzene rings is 1. The lowest BCUT2D eigenvalue weighted by atomic mass is 9.70. The molecular weight excluding hydrogens is 288 g/mol. The van der Waals surface area contributed by atoms with Gasteiger partial charge in [-0.25, -0.2) is 0 Å². The number of aliphatic carboxylic acids is 3. The van der Waals surface area contributed by atoms with Crippen molar-refractivity contribution in [2.24, 2.45) is 0 Å². The van der Waals surface area contributed by atoms with E-state index in [0.717, 1.165) is 5.56 Å². The Morgan fingerprint density at radius 2 is 1.09 bits per heavy atom. The van der Waals surface area contributed by atoms with Crippen molar-refractivity contribution in [3.63, 3.8) is 0 Å². The fraction of sp³-hybridized carbons (Fsp3) is 0.438. The number of hydrogen-bond acceptors (Lipinski definition) is 3. The van der Waals surface area contributed by atoms with Crippen molar-refractivity contribution in [3.8, 4) is 0 Å². The van der Waals surface area contributed by atoms with Crippen LogP contribution in [0, 0.1) is 0 Å². The first-order chi connectivity index (χ1) is 10.4. The Hall–Kier alpha value is -2.37. The van der Waals surface area contributed by atoms with E-state index in [2.05, 4.69) is 0 Å². The normalized spacial score (nSPS) is 11.1. The maximum absolute atomic E-state index is 10.9. The third-order valence-electron chi connectivity index (χ3n) is 3.84. The van der Waals surface area contributed by atoms with Crippen LogP contribution < -0.4 is 0 Å². The van der Waals surface area contributed by atoms with Gasteiger partial charge in [0.25, 0.3) is 0 Å². The van der Waals surface area contributed by atoms with Gasteiger partial charge in [-0.3, -0.25) is 14.4 Å². The molecule has 120 valence electrons. The average molecular weight is 308 g/mol. The summed E-state index contributed by atoms with van der Waals surface area (Å²) >= 11 is 0. The van der Waals surface area contributed by atoms with Crippen molar-refractivity contribution in [3.05, 3.63) is 35.9 Å². The van der Waals surface area contributed by atoms with Crippen LogP contribution in [0.3, 0.4) is 0 Å². The van der Waals surface area contributed by atoms with Crippen molar-refractivity contribution in [1.29, 1.82) is 0 Å². The van der Waals surface area contributed by atoms with Crippen LogP contribution in [-0.4, -0.2) is 33.2 Å². The number of rotatable bonds is 10. The summed E-state index contributed by atoms with van der Waals surface area (Å²) in [4.78, 5) is 32.8. The predicted octanol–water partition coefficient (Wildman–Crippen LogP) is 2.52. The zero-order valence-electron chi connectivity index (χ0n) is 12.2. The van der Waals surface area contributed by atoms with Crippen LogP contribution in [0.4, 0.5) is 0 Å². The third kappa shape index (κ3) is 5.55. The second-order valence-corrected chi connectivity index (χ2v) is 5.33. The lowest BCUT2D eigenvalue weighted by Crippen LogP contribution is -2.29. The fourth-order valence-electron chi connectivity index (χ4n) is 2.64.